The molecule has 0 bridgehead atoms. The number of rotatable bonds is 29. The van der Waals surface area contributed by atoms with Gasteiger partial charge >= 0.3 is 5.97 Å². The fraction of sp³-hybridized carbons (Fsp3) is 0.480. The molecule has 1 saturated heterocycles. The summed E-state index contributed by atoms with van der Waals surface area (Å²) in [7, 11) is 0. The van der Waals surface area contributed by atoms with Crippen LogP contribution in [-0.2, 0) is 57.6 Å². The number of benzene rings is 2. The fourth-order valence-corrected chi connectivity index (χ4v) is 8.66. The number of amides is 7. The van der Waals surface area contributed by atoms with Crippen molar-refractivity contribution in [3.05, 3.63) is 90.1 Å². The zero-order chi connectivity index (χ0) is 53.7. The molecule has 24 nitrogen and oxygen atoms in total. The van der Waals surface area contributed by atoms with Crippen molar-refractivity contribution >= 4 is 64.2 Å². The van der Waals surface area contributed by atoms with E-state index in [-0.39, 0.29) is 57.6 Å². The number of nitrogens with one attached hydrogen (secondary N) is 8. The first-order chi connectivity index (χ1) is 35.4. The number of imidazole rings is 1. The van der Waals surface area contributed by atoms with Crippen molar-refractivity contribution in [2.45, 2.75) is 120 Å². The molecule has 0 unspecified atom stereocenters. The number of carbonyl (C=O) groups is 8. The molecule has 400 valence electrons. The first-order valence-electron chi connectivity index (χ1n) is 24.8. The molecule has 1 fully saturated rings. The molecule has 7 atom stereocenters. The van der Waals surface area contributed by atoms with Gasteiger partial charge in [-0.25, -0.2) is 9.78 Å². The molecule has 17 N–H and O–H groups in total. The Morgan fingerprint density at radius 1 is 0.784 bits per heavy atom. The van der Waals surface area contributed by atoms with Crippen molar-refractivity contribution < 1.29 is 43.5 Å². The van der Waals surface area contributed by atoms with E-state index < -0.39 is 102 Å². The molecule has 4 aromatic rings. The minimum atomic E-state index is -1.33. The molecule has 1 aliphatic rings. The molecule has 2 aromatic carbocycles. The second-order valence-electron chi connectivity index (χ2n) is 18.7. The van der Waals surface area contributed by atoms with Gasteiger partial charge in [-0.3, -0.25) is 38.6 Å². The number of carboxylic acids is 1. The third-order valence-corrected chi connectivity index (χ3v) is 12.6. The SMILES string of the molecule is CC(C)[C@H](NC(=O)[C@@H]1CCCN1C(=O)[C@H](CCCCN)NC(=O)CNC(=O)[C@H](Cc1c[nH]c2ccccc12)NC(=O)[C@H](CCCN=C(N)N)NC(=O)[C@@H](Cc1ccccc1)NC(=O)[C@@H](N)Cc1cnc[nH]1)C(=O)O. The lowest BCUT2D eigenvalue weighted by Crippen LogP contribution is -2.59. The van der Waals surface area contributed by atoms with E-state index in [1.54, 1.807) is 50.4 Å². The summed E-state index contributed by atoms with van der Waals surface area (Å²) in [5.41, 5.74) is 25.8. The molecular formula is C50H71N15O9. The number of hydrogen-bond donors (Lipinski definition) is 13. The predicted molar refractivity (Wildman–Crippen MR) is 275 cm³/mol. The maximum Gasteiger partial charge on any atom is 0.326 e. The van der Waals surface area contributed by atoms with Crippen LogP contribution in [0.4, 0.5) is 0 Å². The van der Waals surface area contributed by atoms with Crippen LogP contribution in [0.3, 0.4) is 0 Å². The molecule has 7 amide bonds. The number of nitrogens with two attached hydrogens (primary N) is 4. The summed E-state index contributed by atoms with van der Waals surface area (Å²) in [5, 5.41) is 26.6. The Hall–Kier alpha value is -7.86. The summed E-state index contributed by atoms with van der Waals surface area (Å²) in [6.07, 6.45) is 6.83. The largest absolute Gasteiger partial charge is 0.480 e. The molecule has 0 aliphatic carbocycles. The lowest BCUT2D eigenvalue weighted by atomic mass is 10.0. The maximum absolute atomic E-state index is 14.5. The summed E-state index contributed by atoms with van der Waals surface area (Å²) >= 11 is 0. The summed E-state index contributed by atoms with van der Waals surface area (Å²) < 4.78 is 0. The smallest absolute Gasteiger partial charge is 0.326 e. The molecule has 1 aliphatic heterocycles. The lowest BCUT2D eigenvalue weighted by Gasteiger charge is -2.30. The quantitative estimate of drug-likeness (QED) is 0.0171. The van der Waals surface area contributed by atoms with Gasteiger partial charge in [-0.1, -0.05) is 62.4 Å². The summed E-state index contributed by atoms with van der Waals surface area (Å²) in [4.78, 5) is 125. The van der Waals surface area contributed by atoms with Gasteiger partial charge in [0.05, 0.1) is 18.9 Å². The average molecular weight is 1030 g/mol. The Labute approximate surface area is 428 Å². The van der Waals surface area contributed by atoms with Crippen LogP contribution in [0.2, 0.25) is 0 Å². The third kappa shape index (κ3) is 17.1. The zero-order valence-corrected chi connectivity index (χ0v) is 41.8. The van der Waals surface area contributed by atoms with Gasteiger partial charge in [0.2, 0.25) is 41.4 Å². The monoisotopic (exact) mass is 1030 g/mol. The maximum atomic E-state index is 14.5. The number of hydrogen-bond acceptors (Lipinski definition) is 12. The van der Waals surface area contributed by atoms with Crippen LogP contribution in [0.15, 0.2) is 78.3 Å². The number of aromatic amines is 2. The lowest BCUT2D eigenvalue weighted by molar-refractivity contribution is -0.145. The third-order valence-electron chi connectivity index (χ3n) is 12.6. The van der Waals surface area contributed by atoms with Gasteiger partial charge in [0, 0.05) is 61.3 Å². The van der Waals surface area contributed by atoms with Gasteiger partial charge in [0.25, 0.3) is 0 Å². The molecule has 0 saturated carbocycles. The molecule has 3 heterocycles. The normalized spacial score (nSPS) is 15.7. The van der Waals surface area contributed by atoms with Crippen LogP contribution in [0, 0.1) is 5.92 Å². The first-order valence-corrected chi connectivity index (χ1v) is 24.8. The second-order valence-corrected chi connectivity index (χ2v) is 18.7. The first kappa shape index (κ1) is 57.0. The number of likely N-dealkylation sites (tertiary alicyclic amines) is 1. The highest BCUT2D eigenvalue weighted by Gasteiger charge is 2.39. The van der Waals surface area contributed by atoms with Crippen molar-refractivity contribution in [3.63, 3.8) is 0 Å². The van der Waals surface area contributed by atoms with E-state index in [2.05, 4.69) is 51.8 Å². The van der Waals surface area contributed by atoms with Gasteiger partial charge in [-0.15, -0.1) is 0 Å². The number of para-hydroxylation sites is 1. The Bertz CT molecular complexity index is 2550. The van der Waals surface area contributed by atoms with Crippen LogP contribution >= 0.6 is 0 Å². The molecule has 24 heteroatoms. The number of unbranched alkanes of at least 4 members (excludes halogenated alkanes) is 1. The van der Waals surface area contributed by atoms with Gasteiger partial charge in [-0.05, 0) is 74.6 Å². The fourth-order valence-electron chi connectivity index (χ4n) is 8.66. The minimum Gasteiger partial charge on any atom is -0.480 e. The minimum absolute atomic E-state index is 0.0134. The second kappa shape index (κ2) is 28.4. The number of aliphatic carboxylic acids is 1. The van der Waals surface area contributed by atoms with Crippen LogP contribution in [-0.4, -0.2) is 147 Å². The molecule has 0 radical (unpaired) electrons. The van der Waals surface area contributed by atoms with Crippen LogP contribution in [0.1, 0.15) is 75.6 Å². The number of guanidine groups is 1. The number of fused-ring (bicyclic) bond motifs is 1. The number of carbonyl (C=O) groups excluding carboxylic acids is 7. The van der Waals surface area contributed by atoms with E-state index in [1.165, 1.54) is 17.4 Å². The van der Waals surface area contributed by atoms with Crippen molar-refractivity contribution in [1.29, 1.82) is 0 Å². The highest BCUT2D eigenvalue weighted by atomic mass is 16.4. The van der Waals surface area contributed by atoms with Gasteiger partial charge < -0.3 is 74.8 Å². The van der Waals surface area contributed by atoms with E-state index in [0.717, 1.165) is 10.9 Å². The van der Waals surface area contributed by atoms with Gasteiger partial charge in [0.1, 0.15) is 36.3 Å². The summed E-state index contributed by atoms with van der Waals surface area (Å²) in [6.45, 7) is 3.30. The molecule has 2 aromatic heterocycles. The summed E-state index contributed by atoms with van der Waals surface area (Å²) in [5.74, 6) is -6.61. The van der Waals surface area contributed by atoms with E-state index in [0.29, 0.717) is 49.0 Å². The Kier molecular flexibility index (Phi) is 21.9. The Morgan fingerprint density at radius 2 is 1.46 bits per heavy atom. The molecule has 5 rings (SSSR count). The highest BCUT2D eigenvalue weighted by molar-refractivity contribution is 5.97. The molecule has 0 spiro atoms. The number of carboxylic acid groups (broad SMARTS) is 1. The van der Waals surface area contributed by atoms with Crippen molar-refractivity contribution in [3.8, 4) is 0 Å². The van der Waals surface area contributed by atoms with Gasteiger partial charge in [-0.2, -0.15) is 0 Å². The Balaban J connectivity index is 1.35. The van der Waals surface area contributed by atoms with Crippen LogP contribution in [0.5, 0.6) is 0 Å². The van der Waals surface area contributed by atoms with Crippen LogP contribution in [0.25, 0.3) is 10.9 Å². The number of H-pyrrole nitrogens is 2. The van der Waals surface area contributed by atoms with E-state index in [9.17, 15) is 43.5 Å². The van der Waals surface area contributed by atoms with Crippen LogP contribution < -0.4 is 54.8 Å². The topological polar surface area (TPSA) is 393 Å². The molecular weight excluding hydrogens is 955 g/mol. The number of nitrogens with zero attached hydrogens (tertiary/aromatic N) is 3. The summed E-state index contributed by atoms with van der Waals surface area (Å²) in [6, 6.07) is 8.09. The number of aliphatic imine (C=N–C) groups is 1. The predicted octanol–water partition coefficient (Wildman–Crippen LogP) is -1.30. The van der Waals surface area contributed by atoms with Crippen molar-refractivity contribution in [2.75, 3.05) is 26.2 Å². The zero-order valence-electron chi connectivity index (χ0n) is 41.8. The standard InChI is InChI=1S/C50H71N15O9/c1-29(2)42(49(73)74)64-47(71)40-18-11-21-65(40)48(72)37(16-8-9-19-51)60-41(66)27-58-44(68)39(23-31-25-57-35-15-7-6-14-33(31)35)63-45(69)36(17-10-20-56-50(53)54)61-46(70)38(22-30-12-4-3-5-13-30)62-43(67)34(52)24-32-26-55-28-59-32/h3-7,12-15,25-26,28-29,34,36-40,42,57H,8-11,16-24,27,51-52H2,1-2H3,(H,55,59)(H,58,68)(H,60,66)(H,61,70)(H,62,67)(H,63,69)(H,64,71)(H,73,74)(H4,53,54,56)/t34-,36-,37-,38+,39-,40-,42-/m0/s1. The van der Waals surface area contributed by atoms with Crippen molar-refractivity contribution in [1.82, 2.24) is 51.8 Å². The van der Waals surface area contributed by atoms with E-state index in [1.807, 2.05) is 24.3 Å². The van der Waals surface area contributed by atoms with Gasteiger partial charge in [0.15, 0.2) is 5.96 Å². The Morgan fingerprint density at radius 3 is 2.15 bits per heavy atom. The number of aromatic nitrogens is 3. The van der Waals surface area contributed by atoms with Crippen molar-refractivity contribution in [2.24, 2.45) is 33.8 Å². The average Bonchev–Trinajstić information content (AvgIpc) is 4.17. The highest BCUT2D eigenvalue weighted by Crippen LogP contribution is 2.22. The van der Waals surface area contributed by atoms with E-state index in [4.69, 9.17) is 22.9 Å². The van der Waals surface area contributed by atoms with E-state index >= 15 is 0 Å². The molecule has 74 heavy (non-hydrogen) atoms.